The number of guanidine groups is 1. The zero-order chi connectivity index (χ0) is 20.0. The molecule has 0 amide bonds. The monoisotopic (exact) mass is 518 g/mol. The first-order valence-corrected chi connectivity index (χ1v) is 8.76. The van der Waals surface area contributed by atoms with Crippen molar-refractivity contribution in [2.45, 2.75) is 19.5 Å². The van der Waals surface area contributed by atoms with Crippen LogP contribution in [0.2, 0.25) is 0 Å². The molecule has 0 unspecified atom stereocenters. The Balaban J connectivity index is 0.00000300. The van der Waals surface area contributed by atoms with Crippen molar-refractivity contribution in [2.24, 2.45) is 10.7 Å². The molecule has 156 valence electrons. The number of anilines is 1. The summed E-state index contributed by atoms with van der Waals surface area (Å²) >= 11 is 0. The van der Waals surface area contributed by atoms with E-state index in [2.05, 4.69) is 44.2 Å². The van der Waals surface area contributed by atoms with Crippen molar-refractivity contribution in [3.8, 4) is 5.75 Å². The zero-order valence-electron chi connectivity index (χ0n) is 15.5. The molecule has 2 aromatic carbocycles. The van der Waals surface area contributed by atoms with E-state index in [0.717, 1.165) is 24.2 Å². The lowest BCUT2D eigenvalue weighted by molar-refractivity contribution is -0.274. The molecule has 9 heteroatoms. The Morgan fingerprint density at radius 3 is 2.17 bits per heavy atom. The van der Waals surface area contributed by atoms with Crippen LogP contribution in [-0.4, -0.2) is 25.4 Å². The minimum atomic E-state index is -4.70. The summed E-state index contributed by atoms with van der Waals surface area (Å²) in [6.07, 6.45) is -0.412. The Hall–Kier alpha value is -2.43. The van der Waals surface area contributed by atoms with Crippen LogP contribution in [0.3, 0.4) is 0 Å². The number of halogens is 4. The summed E-state index contributed by atoms with van der Waals surface area (Å²) in [6.45, 7) is 2.65. The van der Waals surface area contributed by atoms with E-state index in [0.29, 0.717) is 6.54 Å². The van der Waals surface area contributed by atoms with Crippen molar-refractivity contribution in [3.05, 3.63) is 71.8 Å². The van der Waals surface area contributed by atoms with Crippen molar-refractivity contribution >= 4 is 35.6 Å². The van der Waals surface area contributed by atoms with Gasteiger partial charge in [0.15, 0.2) is 5.96 Å². The Labute approximate surface area is 184 Å². The SMILES string of the molecule is I.NC(=NCc1ccc(OC(F)(F)F)cc1)NCc1ccc(N2CC=CC2)cc1. The minimum Gasteiger partial charge on any atom is -0.406 e. The van der Waals surface area contributed by atoms with Crippen LogP contribution in [0.15, 0.2) is 65.7 Å². The molecule has 0 radical (unpaired) electrons. The smallest absolute Gasteiger partial charge is 0.406 e. The number of hydrogen-bond donors (Lipinski definition) is 2. The molecular weight excluding hydrogens is 496 g/mol. The molecule has 1 aliphatic rings. The standard InChI is InChI=1S/C20H21F3N4O.HI/c21-20(22,23)28-18-9-5-16(6-10-18)14-26-19(24)25-13-15-3-7-17(8-4-15)27-11-1-2-12-27;/h1-10H,11-14H2,(H3,24,25,26);1H. The fraction of sp³-hybridized carbons (Fsp3) is 0.250. The van der Waals surface area contributed by atoms with Gasteiger partial charge in [-0.05, 0) is 35.4 Å². The molecule has 0 bridgehead atoms. The van der Waals surface area contributed by atoms with E-state index < -0.39 is 6.36 Å². The molecule has 29 heavy (non-hydrogen) atoms. The molecule has 2 aromatic rings. The normalized spacial score (nSPS) is 13.9. The van der Waals surface area contributed by atoms with Gasteiger partial charge in [-0.3, -0.25) is 0 Å². The summed E-state index contributed by atoms with van der Waals surface area (Å²) < 4.78 is 40.3. The molecule has 5 nitrogen and oxygen atoms in total. The number of ether oxygens (including phenoxy) is 1. The maximum absolute atomic E-state index is 12.1. The lowest BCUT2D eigenvalue weighted by atomic mass is 10.2. The van der Waals surface area contributed by atoms with Crippen LogP contribution in [0.5, 0.6) is 5.75 Å². The third-order valence-corrected chi connectivity index (χ3v) is 4.18. The number of rotatable bonds is 6. The molecule has 0 atom stereocenters. The summed E-state index contributed by atoms with van der Waals surface area (Å²) in [5.41, 5.74) is 8.83. The summed E-state index contributed by atoms with van der Waals surface area (Å²) in [5.74, 6) is 0.00271. The Morgan fingerprint density at radius 2 is 1.59 bits per heavy atom. The van der Waals surface area contributed by atoms with Gasteiger partial charge in [0, 0.05) is 25.3 Å². The number of nitrogens with one attached hydrogen (secondary N) is 1. The lowest BCUT2D eigenvalue weighted by Crippen LogP contribution is -2.31. The summed E-state index contributed by atoms with van der Waals surface area (Å²) in [6, 6.07) is 13.7. The molecule has 0 saturated carbocycles. The quantitative estimate of drug-likeness (QED) is 0.261. The Bertz CT molecular complexity index is 828. The van der Waals surface area contributed by atoms with Crippen LogP contribution < -0.4 is 20.7 Å². The average Bonchev–Trinajstić information content (AvgIpc) is 3.20. The van der Waals surface area contributed by atoms with Gasteiger partial charge in [-0.1, -0.05) is 36.4 Å². The van der Waals surface area contributed by atoms with E-state index in [1.54, 1.807) is 0 Å². The van der Waals surface area contributed by atoms with Gasteiger partial charge in [-0.2, -0.15) is 0 Å². The van der Waals surface area contributed by atoms with Crippen molar-refractivity contribution in [1.29, 1.82) is 0 Å². The van der Waals surface area contributed by atoms with Gasteiger partial charge in [-0.15, -0.1) is 37.1 Å². The average molecular weight is 518 g/mol. The van der Waals surface area contributed by atoms with E-state index in [1.807, 2.05) is 12.1 Å². The van der Waals surface area contributed by atoms with Crippen molar-refractivity contribution in [1.82, 2.24) is 5.32 Å². The molecule has 3 N–H and O–H groups in total. The highest BCUT2D eigenvalue weighted by molar-refractivity contribution is 14.0. The van der Waals surface area contributed by atoms with E-state index in [4.69, 9.17) is 5.73 Å². The largest absolute Gasteiger partial charge is 0.573 e. The number of nitrogens with zero attached hydrogens (tertiary/aromatic N) is 2. The molecule has 0 fully saturated rings. The number of hydrogen-bond acceptors (Lipinski definition) is 3. The molecule has 0 aromatic heterocycles. The molecular formula is C20H22F3IN4O. The molecule has 3 rings (SSSR count). The maximum Gasteiger partial charge on any atom is 0.573 e. The van der Waals surface area contributed by atoms with Crippen LogP contribution in [0.4, 0.5) is 18.9 Å². The van der Waals surface area contributed by atoms with E-state index >= 15 is 0 Å². The van der Waals surface area contributed by atoms with Crippen LogP contribution >= 0.6 is 24.0 Å². The van der Waals surface area contributed by atoms with Gasteiger partial charge < -0.3 is 20.7 Å². The van der Waals surface area contributed by atoms with Gasteiger partial charge in [0.2, 0.25) is 0 Å². The van der Waals surface area contributed by atoms with Crippen molar-refractivity contribution in [3.63, 3.8) is 0 Å². The highest BCUT2D eigenvalue weighted by Crippen LogP contribution is 2.23. The van der Waals surface area contributed by atoms with Crippen LogP contribution in [0.1, 0.15) is 11.1 Å². The van der Waals surface area contributed by atoms with E-state index in [1.165, 1.54) is 30.0 Å². The summed E-state index contributed by atoms with van der Waals surface area (Å²) in [5, 5.41) is 3.03. The van der Waals surface area contributed by atoms with Gasteiger partial charge in [0.1, 0.15) is 5.75 Å². The second-order valence-electron chi connectivity index (χ2n) is 6.29. The van der Waals surface area contributed by atoms with Gasteiger partial charge in [0.25, 0.3) is 0 Å². The predicted molar refractivity (Wildman–Crippen MR) is 119 cm³/mol. The molecule has 1 heterocycles. The highest BCUT2D eigenvalue weighted by Gasteiger charge is 2.30. The maximum atomic E-state index is 12.1. The fourth-order valence-corrected chi connectivity index (χ4v) is 2.74. The van der Waals surface area contributed by atoms with Crippen molar-refractivity contribution < 1.29 is 17.9 Å². The van der Waals surface area contributed by atoms with Gasteiger partial charge in [-0.25, -0.2) is 4.99 Å². The fourth-order valence-electron chi connectivity index (χ4n) is 2.74. The second-order valence-corrected chi connectivity index (χ2v) is 6.29. The van der Waals surface area contributed by atoms with Crippen LogP contribution in [-0.2, 0) is 13.1 Å². The first-order chi connectivity index (χ1) is 13.4. The lowest BCUT2D eigenvalue weighted by Gasteiger charge is -2.17. The molecule has 1 aliphatic heterocycles. The Morgan fingerprint density at radius 1 is 1.00 bits per heavy atom. The summed E-state index contributed by atoms with van der Waals surface area (Å²) in [7, 11) is 0. The Kier molecular flexibility index (Phi) is 8.18. The minimum absolute atomic E-state index is 0. The third kappa shape index (κ3) is 7.48. The number of nitrogens with two attached hydrogens (primary N) is 1. The van der Waals surface area contributed by atoms with Crippen molar-refractivity contribution in [2.75, 3.05) is 18.0 Å². The second kappa shape index (κ2) is 10.4. The molecule has 0 saturated heterocycles. The van der Waals surface area contributed by atoms with Crippen LogP contribution in [0, 0.1) is 0 Å². The van der Waals surface area contributed by atoms with Crippen LogP contribution in [0.25, 0.3) is 0 Å². The number of benzene rings is 2. The summed E-state index contributed by atoms with van der Waals surface area (Å²) in [4.78, 5) is 6.46. The van der Waals surface area contributed by atoms with Gasteiger partial charge >= 0.3 is 6.36 Å². The van der Waals surface area contributed by atoms with Gasteiger partial charge in [0.05, 0.1) is 6.54 Å². The first-order valence-electron chi connectivity index (χ1n) is 8.76. The third-order valence-electron chi connectivity index (χ3n) is 4.18. The predicted octanol–water partition coefficient (Wildman–Crippen LogP) is 4.18. The molecule has 0 aliphatic carbocycles. The van der Waals surface area contributed by atoms with E-state index in [-0.39, 0.29) is 42.2 Å². The van der Waals surface area contributed by atoms with E-state index in [9.17, 15) is 13.2 Å². The molecule has 0 spiro atoms. The zero-order valence-corrected chi connectivity index (χ0v) is 17.9. The highest BCUT2D eigenvalue weighted by atomic mass is 127. The first kappa shape index (κ1) is 22.9. The topological polar surface area (TPSA) is 62.9 Å². The number of aliphatic imine (C=N–C) groups is 1. The number of alkyl halides is 3.